The standard InChI is InChI=1S/C23H27Cl3N2O2S/c1-4-15(2)27-23(30)16(3)28(12-17-9-10-19(24)11-21(17)26)22(29)14-31-13-18-7-5-6-8-20(18)25/h5-11,15-16H,4,12-14H2,1-3H3,(H,27,30)/t15-,16+/m0/s1. The van der Waals surface area contributed by atoms with E-state index in [4.69, 9.17) is 34.8 Å². The van der Waals surface area contributed by atoms with Crippen molar-refractivity contribution in [3.05, 3.63) is 68.7 Å². The second kappa shape index (κ2) is 12.6. The van der Waals surface area contributed by atoms with E-state index in [1.165, 1.54) is 11.8 Å². The maximum Gasteiger partial charge on any atom is 0.242 e. The maximum atomic E-state index is 13.1. The zero-order valence-electron chi connectivity index (χ0n) is 17.8. The van der Waals surface area contributed by atoms with E-state index in [9.17, 15) is 9.59 Å². The van der Waals surface area contributed by atoms with Crippen molar-refractivity contribution in [2.24, 2.45) is 0 Å². The van der Waals surface area contributed by atoms with Gasteiger partial charge in [-0.05, 0) is 49.6 Å². The summed E-state index contributed by atoms with van der Waals surface area (Å²) in [6, 6.07) is 12.1. The number of carbonyl (C=O) groups is 2. The van der Waals surface area contributed by atoms with Crippen molar-refractivity contribution in [2.75, 3.05) is 5.75 Å². The smallest absolute Gasteiger partial charge is 0.242 e. The number of nitrogens with zero attached hydrogens (tertiary/aromatic N) is 1. The maximum absolute atomic E-state index is 13.1. The van der Waals surface area contributed by atoms with Crippen LogP contribution in [0.5, 0.6) is 0 Å². The first-order chi connectivity index (χ1) is 14.7. The summed E-state index contributed by atoms with van der Waals surface area (Å²) in [6.45, 7) is 5.89. The van der Waals surface area contributed by atoms with Crippen LogP contribution in [0.3, 0.4) is 0 Å². The van der Waals surface area contributed by atoms with Crippen LogP contribution in [-0.2, 0) is 21.9 Å². The molecule has 0 spiro atoms. The lowest BCUT2D eigenvalue weighted by Gasteiger charge is -2.30. The Labute approximate surface area is 203 Å². The molecule has 31 heavy (non-hydrogen) atoms. The second-order valence-electron chi connectivity index (χ2n) is 7.34. The Morgan fingerprint density at radius 1 is 1.03 bits per heavy atom. The van der Waals surface area contributed by atoms with Crippen LogP contribution >= 0.6 is 46.6 Å². The quantitative estimate of drug-likeness (QED) is 0.421. The predicted molar refractivity (Wildman–Crippen MR) is 132 cm³/mol. The molecule has 0 unspecified atom stereocenters. The third-order valence-electron chi connectivity index (χ3n) is 4.97. The lowest BCUT2D eigenvalue weighted by Crippen LogP contribution is -2.50. The van der Waals surface area contributed by atoms with Crippen LogP contribution in [0.4, 0.5) is 0 Å². The van der Waals surface area contributed by atoms with E-state index in [-0.39, 0.29) is 30.2 Å². The SMILES string of the molecule is CC[C@H](C)NC(=O)[C@@H](C)N(Cc1ccc(Cl)cc1Cl)C(=O)CSCc1ccccc1Cl. The van der Waals surface area contributed by atoms with Crippen LogP contribution in [0.25, 0.3) is 0 Å². The number of rotatable bonds is 10. The average Bonchev–Trinajstić information content (AvgIpc) is 2.73. The fourth-order valence-electron chi connectivity index (χ4n) is 2.83. The Morgan fingerprint density at radius 2 is 1.74 bits per heavy atom. The number of hydrogen-bond donors (Lipinski definition) is 1. The van der Waals surface area contributed by atoms with E-state index in [2.05, 4.69) is 5.32 Å². The van der Waals surface area contributed by atoms with Crippen LogP contribution < -0.4 is 5.32 Å². The van der Waals surface area contributed by atoms with Gasteiger partial charge in [0.2, 0.25) is 11.8 Å². The fourth-order valence-corrected chi connectivity index (χ4v) is 4.49. The van der Waals surface area contributed by atoms with Gasteiger partial charge in [0.1, 0.15) is 6.04 Å². The molecule has 2 rings (SSSR count). The molecule has 0 fully saturated rings. The Morgan fingerprint density at radius 3 is 2.39 bits per heavy atom. The summed E-state index contributed by atoms with van der Waals surface area (Å²) in [6.07, 6.45) is 0.809. The zero-order chi connectivity index (χ0) is 23.0. The van der Waals surface area contributed by atoms with E-state index in [1.54, 1.807) is 30.0 Å². The zero-order valence-corrected chi connectivity index (χ0v) is 20.9. The first-order valence-corrected chi connectivity index (χ1v) is 12.4. The van der Waals surface area contributed by atoms with E-state index >= 15 is 0 Å². The molecule has 2 aromatic rings. The lowest BCUT2D eigenvalue weighted by molar-refractivity contribution is -0.138. The van der Waals surface area contributed by atoms with Crippen molar-refractivity contribution < 1.29 is 9.59 Å². The van der Waals surface area contributed by atoms with Gasteiger partial charge in [-0.15, -0.1) is 11.8 Å². The van der Waals surface area contributed by atoms with Crippen molar-refractivity contribution in [3.8, 4) is 0 Å². The largest absolute Gasteiger partial charge is 0.352 e. The van der Waals surface area contributed by atoms with Gasteiger partial charge >= 0.3 is 0 Å². The molecule has 4 nitrogen and oxygen atoms in total. The number of nitrogens with one attached hydrogen (secondary N) is 1. The lowest BCUT2D eigenvalue weighted by atomic mass is 10.1. The number of hydrogen-bond acceptors (Lipinski definition) is 3. The first-order valence-electron chi connectivity index (χ1n) is 10.1. The molecule has 0 saturated heterocycles. The fraction of sp³-hybridized carbons (Fsp3) is 0.391. The minimum Gasteiger partial charge on any atom is -0.352 e. The molecule has 0 aliphatic rings. The normalized spacial score (nSPS) is 12.8. The highest BCUT2D eigenvalue weighted by Gasteiger charge is 2.27. The molecular formula is C23H27Cl3N2O2S. The van der Waals surface area contributed by atoms with Gasteiger partial charge < -0.3 is 10.2 Å². The molecule has 0 radical (unpaired) electrons. The van der Waals surface area contributed by atoms with Crippen LogP contribution in [0, 0.1) is 0 Å². The van der Waals surface area contributed by atoms with Gasteiger partial charge in [-0.25, -0.2) is 0 Å². The third kappa shape index (κ3) is 7.90. The number of halogens is 3. The highest BCUT2D eigenvalue weighted by atomic mass is 35.5. The average molecular weight is 502 g/mol. The predicted octanol–water partition coefficient (Wildman–Crippen LogP) is 6.21. The summed E-state index contributed by atoms with van der Waals surface area (Å²) in [5.41, 5.74) is 1.70. The number of thioether (sulfide) groups is 1. The molecule has 0 saturated carbocycles. The minimum atomic E-state index is -0.644. The van der Waals surface area contributed by atoms with Crippen LogP contribution in [0.1, 0.15) is 38.3 Å². The Hall–Kier alpha value is -1.40. The van der Waals surface area contributed by atoms with Gasteiger partial charge in [-0.2, -0.15) is 0 Å². The van der Waals surface area contributed by atoms with Crippen LogP contribution in [-0.4, -0.2) is 34.6 Å². The molecule has 0 bridgehead atoms. The van der Waals surface area contributed by atoms with E-state index in [0.29, 0.717) is 20.8 Å². The Balaban J connectivity index is 2.14. The van der Waals surface area contributed by atoms with Crippen molar-refractivity contribution in [2.45, 2.75) is 51.6 Å². The first kappa shape index (κ1) is 25.9. The van der Waals surface area contributed by atoms with E-state index < -0.39 is 6.04 Å². The highest BCUT2D eigenvalue weighted by Crippen LogP contribution is 2.25. The van der Waals surface area contributed by atoms with Crippen molar-refractivity contribution in [3.63, 3.8) is 0 Å². The molecule has 0 aliphatic heterocycles. The van der Waals surface area contributed by atoms with Gasteiger partial charge in [-0.1, -0.05) is 66.0 Å². The summed E-state index contributed by atoms with van der Waals surface area (Å²) in [4.78, 5) is 27.4. The molecule has 8 heteroatoms. The van der Waals surface area contributed by atoms with Crippen molar-refractivity contribution in [1.29, 1.82) is 0 Å². The van der Waals surface area contributed by atoms with Gasteiger partial charge in [0.05, 0.1) is 5.75 Å². The molecular weight excluding hydrogens is 475 g/mol. The molecule has 0 aliphatic carbocycles. The topological polar surface area (TPSA) is 49.4 Å². The number of carbonyl (C=O) groups excluding carboxylic acids is 2. The monoisotopic (exact) mass is 500 g/mol. The molecule has 0 heterocycles. The van der Waals surface area contributed by atoms with Crippen molar-refractivity contribution >= 4 is 58.4 Å². The molecule has 2 atom stereocenters. The third-order valence-corrected chi connectivity index (χ3v) is 6.89. The molecule has 2 amide bonds. The summed E-state index contributed by atoms with van der Waals surface area (Å²) in [5, 5.41) is 4.61. The van der Waals surface area contributed by atoms with Crippen molar-refractivity contribution in [1.82, 2.24) is 10.2 Å². The Bertz CT molecular complexity index is 910. The summed E-state index contributed by atoms with van der Waals surface area (Å²) >= 11 is 20.0. The second-order valence-corrected chi connectivity index (χ2v) is 9.57. The van der Waals surface area contributed by atoms with Crippen LogP contribution in [0.15, 0.2) is 42.5 Å². The summed E-state index contributed by atoms with van der Waals surface area (Å²) in [7, 11) is 0. The van der Waals surface area contributed by atoms with Gasteiger partial charge in [-0.3, -0.25) is 9.59 Å². The molecule has 1 N–H and O–H groups in total. The molecule has 0 aromatic heterocycles. The highest BCUT2D eigenvalue weighted by molar-refractivity contribution is 7.99. The van der Waals surface area contributed by atoms with Crippen LogP contribution in [0.2, 0.25) is 15.1 Å². The number of benzene rings is 2. The van der Waals surface area contributed by atoms with Gasteiger partial charge in [0, 0.05) is 33.4 Å². The molecule has 168 valence electrons. The van der Waals surface area contributed by atoms with E-state index in [0.717, 1.165) is 17.5 Å². The Kier molecular flexibility index (Phi) is 10.5. The van der Waals surface area contributed by atoms with E-state index in [1.807, 2.05) is 38.1 Å². The number of amides is 2. The summed E-state index contributed by atoms with van der Waals surface area (Å²) < 4.78 is 0. The summed E-state index contributed by atoms with van der Waals surface area (Å²) in [5.74, 6) is 0.491. The minimum absolute atomic E-state index is 0.0284. The molecule has 2 aromatic carbocycles. The van der Waals surface area contributed by atoms with Gasteiger partial charge in [0.15, 0.2) is 0 Å². The van der Waals surface area contributed by atoms with Gasteiger partial charge in [0.25, 0.3) is 0 Å².